The van der Waals surface area contributed by atoms with E-state index in [4.69, 9.17) is 18.0 Å². The van der Waals surface area contributed by atoms with Gasteiger partial charge in [-0.15, -0.1) is 0 Å². The highest BCUT2D eigenvalue weighted by Gasteiger charge is 2.33. The van der Waals surface area contributed by atoms with Crippen molar-refractivity contribution in [1.82, 2.24) is 10.6 Å². The molecule has 0 radical (unpaired) electrons. The Kier molecular flexibility index (Phi) is 7.31. The number of aryl methyl sites for hydroxylation is 1. The van der Waals surface area contributed by atoms with Crippen LogP contribution in [0.3, 0.4) is 0 Å². The Morgan fingerprint density at radius 2 is 2.07 bits per heavy atom. The number of hydrogen-bond donors (Lipinski definition) is 6. The molecule has 1 aromatic rings. The predicted molar refractivity (Wildman–Crippen MR) is 109 cm³/mol. The molecule has 0 aliphatic heterocycles. The van der Waals surface area contributed by atoms with Gasteiger partial charge >= 0.3 is 0 Å². The van der Waals surface area contributed by atoms with Crippen LogP contribution in [-0.2, 0) is 9.59 Å². The molecular formula is C17H21BrN4O4S. The maximum Gasteiger partial charge on any atom is 0.247 e. The van der Waals surface area contributed by atoms with Crippen molar-refractivity contribution in [2.24, 2.45) is 5.73 Å². The summed E-state index contributed by atoms with van der Waals surface area (Å²) in [6.07, 6.45) is -0.880. The van der Waals surface area contributed by atoms with Gasteiger partial charge in [0, 0.05) is 16.5 Å². The zero-order chi connectivity index (χ0) is 20.1. The van der Waals surface area contributed by atoms with E-state index < -0.39 is 30.1 Å². The van der Waals surface area contributed by atoms with Crippen LogP contribution in [0.4, 0.5) is 5.69 Å². The summed E-state index contributed by atoms with van der Waals surface area (Å²) in [7, 11) is 0. The SMILES string of the molecule is Cc1ccc(NC(=S)NC2C=C(C(=O)NCC(N)=O)CC(O)C2O)c(Br)c1. The molecule has 0 fully saturated rings. The highest BCUT2D eigenvalue weighted by atomic mass is 79.9. The number of hydrogen-bond acceptors (Lipinski definition) is 5. The molecule has 7 N–H and O–H groups in total. The molecule has 8 nitrogen and oxygen atoms in total. The second kappa shape index (κ2) is 9.27. The van der Waals surface area contributed by atoms with E-state index in [2.05, 4.69) is 31.9 Å². The van der Waals surface area contributed by atoms with Gasteiger partial charge in [-0.3, -0.25) is 9.59 Å². The summed E-state index contributed by atoms with van der Waals surface area (Å²) in [6, 6.07) is 4.89. The number of carbonyl (C=O) groups excluding carboxylic acids is 2. The van der Waals surface area contributed by atoms with Gasteiger partial charge in [0.2, 0.25) is 11.8 Å². The zero-order valence-corrected chi connectivity index (χ0v) is 16.9. The van der Waals surface area contributed by atoms with Gasteiger partial charge < -0.3 is 31.9 Å². The minimum absolute atomic E-state index is 0.0480. The van der Waals surface area contributed by atoms with Crippen LogP contribution in [-0.4, -0.2) is 51.9 Å². The maximum atomic E-state index is 12.1. The van der Waals surface area contributed by atoms with Crippen molar-refractivity contribution in [1.29, 1.82) is 0 Å². The zero-order valence-electron chi connectivity index (χ0n) is 14.5. The summed E-state index contributed by atoms with van der Waals surface area (Å²) in [5, 5.41) is 28.7. The molecule has 2 rings (SSSR count). The average molecular weight is 457 g/mol. The quantitative estimate of drug-likeness (QED) is 0.344. The van der Waals surface area contributed by atoms with Crippen LogP contribution in [0.15, 0.2) is 34.3 Å². The van der Waals surface area contributed by atoms with Gasteiger partial charge in [-0.05, 0) is 52.8 Å². The molecule has 0 saturated heterocycles. The molecular weight excluding hydrogens is 436 g/mol. The van der Waals surface area contributed by atoms with Gasteiger partial charge in [-0.2, -0.15) is 0 Å². The third-order valence-corrected chi connectivity index (χ3v) is 4.83. The van der Waals surface area contributed by atoms with E-state index in [1.165, 1.54) is 6.08 Å². The lowest BCUT2D eigenvalue weighted by Crippen LogP contribution is -2.52. The maximum absolute atomic E-state index is 12.1. The molecule has 0 aromatic heterocycles. The largest absolute Gasteiger partial charge is 0.390 e. The number of benzene rings is 1. The first-order valence-corrected chi connectivity index (χ1v) is 9.34. The highest BCUT2D eigenvalue weighted by molar-refractivity contribution is 9.10. The van der Waals surface area contributed by atoms with Crippen LogP contribution >= 0.6 is 28.1 Å². The molecule has 1 aromatic carbocycles. The summed E-state index contributed by atoms with van der Waals surface area (Å²) >= 11 is 8.70. The normalized spacial score (nSPS) is 21.8. The Morgan fingerprint density at radius 1 is 1.37 bits per heavy atom. The number of aliphatic hydroxyl groups is 2. The molecule has 0 bridgehead atoms. The van der Waals surface area contributed by atoms with Crippen LogP contribution in [0.2, 0.25) is 0 Å². The van der Waals surface area contributed by atoms with E-state index in [0.717, 1.165) is 15.7 Å². The number of nitrogens with two attached hydrogens (primary N) is 1. The first-order chi connectivity index (χ1) is 12.7. The number of nitrogens with one attached hydrogen (secondary N) is 3. The summed E-state index contributed by atoms with van der Waals surface area (Å²) in [4.78, 5) is 22.9. The minimum atomic E-state index is -1.16. The molecule has 1 aliphatic carbocycles. The Morgan fingerprint density at radius 3 is 2.70 bits per heavy atom. The van der Waals surface area contributed by atoms with Crippen molar-refractivity contribution in [2.75, 3.05) is 11.9 Å². The number of halogens is 1. The fourth-order valence-corrected chi connectivity index (χ4v) is 3.41. The lowest BCUT2D eigenvalue weighted by molar-refractivity contribution is -0.123. The first-order valence-electron chi connectivity index (χ1n) is 8.14. The van der Waals surface area contributed by atoms with E-state index >= 15 is 0 Å². The van der Waals surface area contributed by atoms with Gasteiger partial charge in [-0.25, -0.2) is 0 Å². The highest BCUT2D eigenvalue weighted by Crippen LogP contribution is 2.24. The standard InChI is InChI=1S/C17H21BrN4O4S/c1-8-2-3-11(10(18)4-8)21-17(27)22-12-5-9(6-13(23)15(12)25)16(26)20-7-14(19)24/h2-5,12-13,15,23,25H,6-7H2,1H3,(H2,19,24)(H,20,26)(H2,21,22,27). The van der Waals surface area contributed by atoms with Crippen molar-refractivity contribution in [2.45, 2.75) is 31.6 Å². The second-order valence-corrected chi connectivity index (χ2v) is 7.47. The van der Waals surface area contributed by atoms with Crippen LogP contribution < -0.4 is 21.7 Å². The van der Waals surface area contributed by atoms with Crippen LogP contribution in [0.5, 0.6) is 0 Å². The van der Waals surface area contributed by atoms with E-state index in [1.54, 1.807) is 0 Å². The molecule has 3 unspecified atom stereocenters. The molecule has 0 saturated carbocycles. The minimum Gasteiger partial charge on any atom is -0.390 e. The number of aliphatic hydroxyl groups excluding tert-OH is 2. The van der Waals surface area contributed by atoms with Gasteiger partial charge in [0.25, 0.3) is 0 Å². The molecule has 2 amide bonds. The van der Waals surface area contributed by atoms with Gasteiger partial charge in [0.05, 0.1) is 24.4 Å². The van der Waals surface area contributed by atoms with E-state index in [1.807, 2.05) is 25.1 Å². The second-order valence-electron chi connectivity index (χ2n) is 6.21. The van der Waals surface area contributed by atoms with E-state index in [0.29, 0.717) is 0 Å². The van der Waals surface area contributed by atoms with Crippen molar-refractivity contribution < 1.29 is 19.8 Å². The Labute approximate surface area is 170 Å². The lowest BCUT2D eigenvalue weighted by atomic mass is 9.90. The molecule has 1 aliphatic rings. The van der Waals surface area contributed by atoms with E-state index in [-0.39, 0.29) is 23.7 Å². The number of thiocarbonyl (C=S) groups is 1. The third kappa shape index (κ3) is 5.99. The van der Waals surface area contributed by atoms with Crippen LogP contribution in [0.25, 0.3) is 0 Å². The lowest BCUT2D eigenvalue weighted by Gasteiger charge is -2.31. The smallest absolute Gasteiger partial charge is 0.247 e. The summed E-state index contributed by atoms with van der Waals surface area (Å²) in [6.45, 7) is 1.65. The number of rotatable bonds is 5. The van der Waals surface area contributed by atoms with Crippen molar-refractivity contribution in [3.63, 3.8) is 0 Å². The molecule has 0 heterocycles. The summed E-state index contributed by atoms with van der Waals surface area (Å²) < 4.78 is 0.818. The molecule has 0 spiro atoms. The Bertz CT molecular complexity index is 786. The van der Waals surface area contributed by atoms with E-state index in [9.17, 15) is 19.8 Å². The Balaban J connectivity index is 2.07. The number of amides is 2. The first kappa shape index (κ1) is 21.3. The van der Waals surface area contributed by atoms with Crippen molar-refractivity contribution >= 4 is 50.8 Å². The van der Waals surface area contributed by atoms with Crippen LogP contribution in [0.1, 0.15) is 12.0 Å². The number of anilines is 1. The topological polar surface area (TPSA) is 137 Å². The van der Waals surface area contributed by atoms with Gasteiger partial charge in [-0.1, -0.05) is 12.1 Å². The average Bonchev–Trinajstić information content (AvgIpc) is 2.59. The number of primary amides is 1. The number of carbonyl (C=O) groups is 2. The predicted octanol–water partition coefficient (Wildman–Crippen LogP) is 0.0659. The summed E-state index contributed by atoms with van der Waals surface area (Å²) in [5.41, 5.74) is 7.04. The fourth-order valence-electron chi connectivity index (χ4n) is 2.58. The fraction of sp³-hybridized carbons (Fsp3) is 0.353. The molecule has 146 valence electrons. The molecule has 10 heteroatoms. The monoisotopic (exact) mass is 456 g/mol. The Hall–Kier alpha value is -2.01. The van der Waals surface area contributed by atoms with Crippen molar-refractivity contribution in [3.05, 3.63) is 39.9 Å². The molecule has 3 atom stereocenters. The van der Waals surface area contributed by atoms with Crippen molar-refractivity contribution in [3.8, 4) is 0 Å². The third-order valence-electron chi connectivity index (χ3n) is 3.96. The van der Waals surface area contributed by atoms with Gasteiger partial charge in [0.15, 0.2) is 5.11 Å². The van der Waals surface area contributed by atoms with Crippen LogP contribution in [0, 0.1) is 6.92 Å². The van der Waals surface area contributed by atoms with Gasteiger partial charge in [0.1, 0.15) is 6.10 Å². The molecule has 27 heavy (non-hydrogen) atoms. The summed E-state index contributed by atoms with van der Waals surface area (Å²) in [5.74, 6) is -1.21.